The number of alkyl halides is 3. The van der Waals surface area contributed by atoms with Crippen molar-refractivity contribution in [2.75, 3.05) is 11.9 Å². The zero-order valence-corrected chi connectivity index (χ0v) is 13.2. The summed E-state index contributed by atoms with van der Waals surface area (Å²) in [6, 6.07) is 3.51. The van der Waals surface area contributed by atoms with E-state index in [1.165, 1.54) is 0 Å². The Morgan fingerprint density at radius 1 is 1.40 bits per heavy atom. The molecule has 1 atom stereocenters. The molecule has 0 amide bonds. The maximum Gasteiger partial charge on any atom is 0.433 e. The predicted octanol–water partition coefficient (Wildman–Crippen LogP) is 2.65. The van der Waals surface area contributed by atoms with Gasteiger partial charge in [-0.2, -0.15) is 23.5 Å². The molecule has 1 unspecified atom stereocenters. The van der Waals surface area contributed by atoms with E-state index in [0.717, 1.165) is 36.2 Å². The van der Waals surface area contributed by atoms with Crippen molar-refractivity contribution in [2.45, 2.75) is 38.0 Å². The fraction of sp³-hybridized carbons (Fsp3) is 0.438. The zero-order chi connectivity index (χ0) is 18.0. The van der Waals surface area contributed by atoms with Gasteiger partial charge in [0.2, 0.25) is 0 Å². The molecule has 0 aliphatic heterocycles. The lowest BCUT2D eigenvalue weighted by Gasteiger charge is -2.25. The topological polar surface area (TPSA) is 86.8 Å². The van der Waals surface area contributed by atoms with Crippen LogP contribution in [0.1, 0.15) is 41.4 Å². The summed E-state index contributed by atoms with van der Waals surface area (Å²) in [7, 11) is 0. The molecule has 1 aliphatic rings. The molecule has 0 aromatic carbocycles. The van der Waals surface area contributed by atoms with Crippen molar-refractivity contribution < 1.29 is 18.3 Å². The van der Waals surface area contributed by atoms with Crippen LogP contribution in [-0.4, -0.2) is 26.5 Å². The van der Waals surface area contributed by atoms with Crippen molar-refractivity contribution in [3.63, 3.8) is 0 Å². The number of pyridine rings is 1. The molecule has 132 valence electrons. The third kappa shape index (κ3) is 3.44. The summed E-state index contributed by atoms with van der Waals surface area (Å²) in [5.74, 6) is -0.0786. The van der Waals surface area contributed by atoms with Crippen molar-refractivity contribution in [3.05, 3.63) is 40.8 Å². The van der Waals surface area contributed by atoms with E-state index in [9.17, 15) is 13.2 Å². The van der Waals surface area contributed by atoms with Crippen LogP contribution >= 0.6 is 0 Å². The van der Waals surface area contributed by atoms with Crippen LogP contribution in [0.4, 0.5) is 19.0 Å². The Morgan fingerprint density at radius 3 is 2.88 bits per heavy atom. The van der Waals surface area contributed by atoms with Crippen molar-refractivity contribution in [2.24, 2.45) is 0 Å². The molecule has 25 heavy (non-hydrogen) atoms. The van der Waals surface area contributed by atoms with E-state index in [1.807, 2.05) is 6.07 Å². The van der Waals surface area contributed by atoms with Crippen LogP contribution in [0, 0.1) is 11.3 Å². The maximum absolute atomic E-state index is 12.9. The van der Waals surface area contributed by atoms with E-state index < -0.39 is 11.9 Å². The molecule has 2 aromatic heterocycles. The third-order valence-electron chi connectivity index (χ3n) is 4.19. The first kappa shape index (κ1) is 17.2. The van der Waals surface area contributed by atoms with Gasteiger partial charge in [0, 0.05) is 11.3 Å². The lowest BCUT2D eigenvalue weighted by atomic mass is 9.93. The molecule has 0 bridgehead atoms. The van der Waals surface area contributed by atoms with E-state index in [2.05, 4.69) is 15.4 Å². The molecular formula is C16H16F3N5O. The van der Waals surface area contributed by atoms with Gasteiger partial charge in [-0.15, -0.1) is 0 Å². The highest BCUT2D eigenvalue weighted by molar-refractivity contribution is 5.54. The number of aliphatic hydroxyl groups excluding tert-OH is 1. The maximum atomic E-state index is 12.9. The van der Waals surface area contributed by atoms with Gasteiger partial charge < -0.3 is 10.4 Å². The summed E-state index contributed by atoms with van der Waals surface area (Å²) in [4.78, 5) is 3.60. The number of anilines is 1. The second-order valence-electron chi connectivity index (χ2n) is 5.78. The molecule has 0 radical (unpaired) electrons. The van der Waals surface area contributed by atoms with Gasteiger partial charge in [-0.3, -0.25) is 4.68 Å². The number of hydrogen-bond acceptors (Lipinski definition) is 5. The fourth-order valence-electron chi connectivity index (χ4n) is 3.04. The molecule has 2 heterocycles. The summed E-state index contributed by atoms with van der Waals surface area (Å²) in [6.45, 7) is 0.327. The first-order valence-electron chi connectivity index (χ1n) is 7.84. The highest BCUT2D eigenvalue weighted by atomic mass is 19.4. The Labute approximate surface area is 141 Å². The van der Waals surface area contributed by atoms with Gasteiger partial charge in [0.05, 0.1) is 31.0 Å². The van der Waals surface area contributed by atoms with Crippen LogP contribution in [0.5, 0.6) is 0 Å². The monoisotopic (exact) mass is 351 g/mol. The lowest BCUT2D eigenvalue weighted by Crippen LogP contribution is -2.21. The van der Waals surface area contributed by atoms with Crippen LogP contribution in [0.15, 0.2) is 18.3 Å². The number of nitrogens with one attached hydrogen (secondary N) is 1. The number of halogens is 3. The summed E-state index contributed by atoms with van der Waals surface area (Å²) in [5.41, 5.74) is 0.829. The van der Waals surface area contributed by atoms with E-state index in [0.29, 0.717) is 13.0 Å². The number of aromatic nitrogens is 3. The predicted molar refractivity (Wildman–Crippen MR) is 82.6 cm³/mol. The SMILES string of the molecule is N#Cc1ccc(C(F)(F)F)nc1NC1CCCc2c1cnn2CCO. The lowest BCUT2D eigenvalue weighted by molar-refractivity contribution is -0.141. The second-order valence-corrected chi connectivity index (χ2v) is 5.78. The molecule has 6 nitrogen and oxygen atoms in total. The molecular weight excluding hydrogens is 335 g/mol. The highest BCUT2D eigenvalue weighted by Crippen LogP contribution is 2.34. The summed E-state index contributed by atoms with van der Waals surface area (Å²) in [5, 5.41) is 25.4. The molecule has 0 fully saturated rings. The quantitative estimate of drug-likeness (QED) is 0.884. The highest BCUT2D eigenvalue weighted by Gasteiger charge is 2.33. The molecule has 2 N–H and O–H groups in total. The first-order chi connectivity index (χ1) is 11.9. The van der Waals surface area contributed by atoms with E-state index in [-0.39, 0.29) is 24.0 Å². The molecule has 3 rings (SSSR count). The molecule has 2 aromatic rings. The Kier molecular flexibility index (Phi) is 4.63. The summed E-state index contributed by atoms with van der Waals surface area (Å²) < 4.78 is 40.4. The van der Waals surface area contributed by atoms with Crippen molar-refractivity contribution >= 4 is 5.82 Å². The minimum atomic E-state index is -4.58. The molecule has 0 saturated carbocycles. The van der Waals surface area contributed by atoms with Crippen LogP contribution in [0.2, 0.25) is 0 Å². The van der Waals surface area contributed by atoms with E-state index in [4.69, 9.17) is 10.4 Å². The van der Waals surface area contributed by atoms with Crippen molar-refractivity contribution in [1.29, 1.82) is 5.26 Å². The van der Waals surface area contributed by atoms with Gasteiger partial charge in [-0.25, -0.2) is 4.98 Å². The average molecular weight is 351 g/mol. The number of nitrogens with zero attached hydrogens (tertiary/aromatic N) is 4. The Morgan fingerprint density at radius 2 is 2.20 bits per heavy atom. The summed E-state index contributed by atoms with van der Waals surface area (Å²) in [6.07, 6.45) is -0.618. The second kappa shape index (κ2) is 6.72. The number of rotatable bonds is 4. The number of hydrogen-bond donors (Lipinski definition) is 2. The van der Waals surface area contributed by atoms with Gasteiger partial charge in [0.25, 0.3) is 0 Å². The minimum absolute atomic E-state index is 0.0417. The average Bonchev–Trinajstić information content (AvgIpc) is 2.99. The number of aliphatic hydroxyl groups is 1. The fourth-order valence-corrected chi connectivity index (χ4v) is 3.04. The normalized spacial score (nSPS) is 17.0. The number of fused-ring (bicyclic) bond motifs is 1. The Hall–Kier alpha value is -2.60. The van der Waals surface area contributed by atoms with Gasteiger partial charge >= 0.3 is 6.18 Å². The summed E-state index contributed by atoms with van der Waals surface area (Å²) >= 11 is 0. The van der Waals surface area contributed by atoms with Crippen molar-refractivity contribution in [1.82, 2.24) is 14.8 Å². The van der Waals surface area contributed by atoms with E-state index >= 15 is 0 Å². The Balaban J connectivity index is 1.92. The van der Waals surface area contributed by atoms with Gasteiger partial charge in [0.1, 0.15) is 17.6 Å². The van der Waals surface area contributed by atoms with E-state index in [1.54, 1.807) is 10.9 Å². The zero-order valence-electron chi connectivity index (χ0n) is 13.2. The van der Waals surface area contributed by atoms with Crippen LogP contribution in [0.3, 0.4) is 0 Å². The standard InChI is InChI=1S/C16H16F3N5O/c17-16(18,19)14-5-4-10(8-20)15(23-14)22-12-2-1-3-13-11(12)9-21-24(13)6-7-25/h4-5,9,12,25H,1-3,6-7H2,(H,22,23). The minimum Gasteiger partial charge on any atom is -0.394 e. The Bertz CT molecular complexity index is 809. The van der Waals surface area contributed by atoms with Crippen LogP contribution in [0.25, 0.3) is 0 Å². The molecule has 9 heteroatoms. The molecule has 0 spiro atoms. The van der Waals surface area contributed by atoms with Crippen LogP contribution < -0.4 is 5.32 Å². The largest absolute Gasteiger partial charge is 0.433 e. The first-order valence-corrected chi connectivity index (χ1v) is 7.84. The molecule has 0 saturated heterocycles. The van der Waals surface area contributed by atoms with Crippen molar-refractivity contribution in [3.8, 4) is 6.07 Å². The smallest absolute Gasteiger partial charge is 0.394 e. The van der Waals surface area contributed by atoms with Gasteiger partial charge in [-0.1, -0.05) is 0 Å². The molecule has 1 aliphatic carbocycles. The van der Waals surface area contributed by atoms with Crippen LogP contribution in [-0.2, 0) is 19.1 Å². The van der Waals surface area contributed by atoms with Gasteiger partial charge in [0.15, 0.2) is 0 Å². The third-order valence-corrected chi connectivity index (χ3v) is 4.19. The number of nitriles is 1. The van der Waals surface area contributed by atoms with Gasteiger partial charge in [-0.05, 0) is 31.4 Å².